The van der Waals surface area contributed by atoms with E-state index in [0.29, 0.717) is 6.54 Å². The number of hydrogen-bond acceptors (Lipinski definition) is 2. The molecule has 0 heterocycles. The molecule has 90 valence electrons. The average molecular weight is 214 g/mol. The van der Waals surface area contributed by atoms with E-state index in [9.17, 15) is 4.79 Å². The summed E-state index contributed by atoms with van der Waals surface area (Å²) in [7, 11) is 0. The molecule has 0 aromatic carbocycles. The Kier molecular flexibility index (Phi) is 5.29. The van der Waals surface area contributed by atoms with Gasteiger partial charge >= 0.3 is 0 Å². The van der Waals surface area contributed by atoms with Gasteiger partial charge in [-0.05, 0) is 33.1 Å². The third-order valence-electron chi connectivity index (χ3n) is 3.53. The fourth-order valence-corrected chi connectivity index (χ4v) is 1.52. The van der Waals surface area contributed by atoms with Gasteiger partial charge in [0.2, 0.25) is 5.91 Å². The predicted octanol–water partition coefficient (Wildman–Crippen LogP) is 2.06. The van der Waals surface area contributed by atoms with Gasteiger partial charge in [0.05, 0.1) is 5.41 Å². The highest BCUT2D eigenvalue weighted by molar-refractivity contribution is 5.82. The maximum Gasteiger partial charge on any atom is 0.227 e. The van der Waals surface area contributed by atoms with Crippen LogP contribution in [0, 0.1) is 5.41 Å². The van der Waals surface area contributed by atoms with E-state index in [-0.39, 0.29) is 11.4 Å². The lowest BCUT2D eigenvalue weighted by Crippen LogP contribution is -2.53. The van der Waals surface area contributed by atoms with Crippen molar-refractivity contribution in [1.29, 1.82) is 0 Å². The van der Waals surface area contributed by atoms with Gasteiger partial charge in [0.25, 0.3) is 0 Å². The molecule has 0 aliphatic carbocycles. The number of hydrogen-bond donors (Lipinski definition) is 2. The Morgan fingerprint density at radius 1 is 1.13 bits per heavy atom. The van der Waals surface area contributed by atoms with Crippen LogP contribution in [0.25, 0.3) is 0 Å². The van der Waals surface area contributed by atoms with Crippen LogP contribution in [0.2, 0.25) is 0 Å². The van der Waals surface area contributed by atoms with Crippen LogP contribution in [0.15, 0.2) is 0 Å². The first-order valence-corrected chi connectivity index (χ1v) is 5.90. The second kappa shape index (κ2) is 5.50. The number of rotatable bonds is 6. The number of carbonyl (C=O) groups excluding carboxylic acids is 1. The summed E-state index contributed by atoms with van der Waals surface area (Å²) in [6.45, 7) is 10.5. The summed E-state index contributed by atoms with van der Waals surface area (Å²) in [5, 5.41) is 3.15. The van der Waals surface area contributed by atoms with Crippen LogP contribution in [0.5, 0.6) is 0 Å². The van der Waals surface area contributed by atoms with Crippen molar-refractivity contribution < 1.29 is 4.79 Å². The van der Waals surface area contributed by atoms with E-state index in [0.717, 1.165) is 19.3 Å². The molecule has 0 fully saturated rings. The SMILES string of the molecule is CCC(CC)(CC)NC(=O)C(C)(C)CN. The van der Waals surface area contributed by atoms with Gasteiger partial charge in [-0.2, -0.15) is 0 Å². The van der Waals surface area contributed by atoms with Gasteiger partial charge in [-0.25, -0.2) is 0 Å². The molecule has 0 bridgehead atoms. The highest BCUT2D eigenvalue weighted by Gasteiger charge is 2.32. The lowest BCUT2D eigenvalue weighted by atomic mass is 9.86. The molecule has 0 spiro atoms. The normalized spacial score (nSPS) is 12.7. The van der Waals surface area contributed by atoms with Crippen LogP contribution in [0.4, 0.5) is 0 Å². The monoisotopic (exact) mass is 214 g/mol. The highest BCUT2D eigenvalue weighted by Crippen LogP contribution is 2.22. The molecule has 1 amide bonds. The largest absolute Gasteiger partial charge is 0.350 e. The number of nitrogens with one attached hydrogen (secondary N) is 1. The van der Waals surface area contributed by atoms with Crippen molar-refractivity contribution in [2.24, 2.45) is 11.1 Å². The van der Waals surface area contributed by atoms with E-state index in [4.69, 9.17) is 5.73 Å². The molecule has 3 heteroatoms. The van der Waals surface area contributed by atoms with Crippen molar-refractivity contribution in [3.8, 4) is 0 Å². The molecule has 0 aromatic heterocycles. The van der Waals surface area contributed by atoms with Gasteiger partial charge in [0.1, 0.15) is 0 Å². The quantitative estimate of drug-likeness (QED) is 0.711. The Balaban J connectivity index is 4.62. The van der Waals surface area contributed by atoms with E-state index in [1.807, 2.05) is 13.8 Å². The first-order valence-electron chi connectivity index (χ1n) is 5.90. The summed E-state index contributed by atoms with van der Waals surface area (Å²) < 4.78 is 0. The molecular weight excluding hydrogens is 188 g/mol. The molecule has 0 aromatic rings. The van der Waals surface area contributed by atoms with Crippen LogP contribution in [0.3, 0.4) is 0 Å². The summed E-state index contributed by atoms with van der Waals surface area (Å²) in [6, 6.07) is 0. The number of carbonyl (C=O) groups is 1. The predicted molar refractivity (Wildman–Crippen MR) is 64.6 cm³/mol. The summed E-state index contributed by atoms with van der Waals surface area (Å²) >= 11 is 0. The van der Waals surface area contributed by atoms with E-state index < -0.39 is 5.41 Å². The second-order valence-corrected chi connectivity index (χ2v) is 4.88. The van der Waals surface area contributed by atoms with E-state index >= 15 is 0 Å². The molecule has 15 heavy (non-hydrogen) atoms. The third kappa shape index (κ3) is 3.49. The van der Waals surface area contributed by atoms with Crippen molar-refractivity contribution in [2.45, 2.75) is 59.4 Å². The Labute approximate surface area is 93.8 Å². The summed E-state index contributed by atoms with van der Waals surface area (Å²) in [6.07, 6.45) is 2.89. The fourth-order valence-electron chi connectivity index (χ4n) is 1.52. The first kappa shape index (κ1) is 14.4. The molecule has 0 saturated heterocycles. The summed E-state index contributed by atoms with van der Waals surface area (Å²) in [5.74, 6) is 0.0653. The van der Waals surface area contributed by atoms with E-state index in [1.54, 1.807) is 0 Å². The maximum atomic E-state index is 12.0. The van der Waals surface area contributed by atoms with Crippen LogP contribution in [-0.2, 0) is 4.79 Å². The van der Waals surface area contributed by atoms with Gasteiger partial charge < -0.3 is 11.1 Å². The summed E-state index contributed by atoms with van der Waals surface area (Å²) in [5.41, 5.74) is 5.07. The maximum absolute atomic E-state index is 12.0. The lowest BCUT2D eigenvalue weighted by molar-refractivity contribution is -0.131. The van der Waals surface area contributed by atoms with Gasteiger partial charge in [0.15, 0.2) is 0 Å². The zero-order chi connectivity index (χ0) is 12.1. The topological polar surface area (TPSA) is 55.1 Å². The van der Waals surface area contributed by atoms with Gasteiger partial charge in [-0.15, -0.1) is 0 Å². The van der Waals surface area contributed by atoms with Crippen LogP contribution in [0.1, 0.15) is 53.9 Å². The minimum absolute atomic E-state index is 0.0521. The molecule has 0 radical (unpaired) electrons. The smallest absolute Gasteiger partial charge is 0.227 e. The molecule has 3 nitrogen and oxygen atoms in total. The van der Waals surface area contributed by atoms with Gasteiger partial charge in [-0.3, -0.25) is 4.79 Å². The lowest BCUT2D eigenvalue weighted by Gasteiger charge is -2.35. The standard InChI is InChI=1S/C12H26N2O/c1-6-12(7-2,8-3)14-10(15)11(4,5)9-13/h6-9,13H2,1-5H3,(H,14,15). The molecule has 3 N–H and O–H groups in total. The minimum Gasteiger partial charge on any atom is -0.350 e. The first-order chi connectivity index (χ1) is 6.87. The molecule has 0 rings (SSSR count). The Bertz CT molecular complexity index is 199. The van der Waals surface area contributed by atoms with Gasteiger partial charge in [0, 0.05) is 12.1 Å². The fraction of sp³-hybridized carbons (Fsp3) is 0.917. The number of amides is 1. The minimum atomic E-state index is -0.468. The van der Waals surface area contributed by atoms with E-state index in [2.05, 4.69) is 26.1 Å². The molecule has 0 atom stereocenters. The Morgan fingerprint density at radius 2 is 1.53 bits per heavy atom. The third-order valence-corrected chi connectivity index (χ3v) is 3.53. The summed E-state index contributed by atoms with van der Waals surface area (Å²) in [4.78, 5) is 12.0. The van der Waals surface area contributed by atoms with Crippen molar-refractivity contribution in [1.82, 2.24) is 5.32 Å². The van der Waals surface area contributed by atoms with E-state index in [1.165, 1.54) is 0 Å². The molecule has 0 saturated carbocycles. The van der Waals surface area contributed by atoms with Crippen LogP contribution >= 0.6 is 0 Å². The van der Waals surface area contributed by atoms with Crippen LogP contribution < -0.4 is 11.1 Å². The van der Waals surface area contributed by atoms with Crippen LogP contribution in [-0.4, -0.2) is 18.0 Å². The zero-order valence-electron chi connectivity index (χ0n) is 10.8. The van der Waals surface area contributed by atoms with Crippen molar-refractivity contribution >= 4 is 5.91 Å². The molecule has 0 aliphatic heterocycles. The number of nitrogens with two attached hydrogens (primary N) is 1. The van der Waals surface area contributed by atoms with Gasteiger partial charge in [-0.1, -0.05) is 20.8 Å². The Hall–Kier alpha value is -0.570. The second-order valence-electron chi connectivity index (χ2n) is 4.88. The Morgan fingerprint density at radius 3 is 1.80 bits per heavy atom. The van der Waals surface area contributed by atoms with Crippen molar-refractivity contribution in [3.63, 3.8) is 0 Å². The molecular formula is C12H26N2O. The molecule has 0 aliphatic rings. The average Bonchev–Trinajstić information content (AvgIpc) is 2.25. The zero-order valence-corrected chi connectivity index (χ0v) is 10.8. The van der Waals surface area contributed by atoms with Crippen molar-refractivity contribution in [3.05, 3.63) is 0 Å². The van der Waals surface area contributed by atoms with Crippen molar-refractivity contribution in [2.75, 3.05) is 6.54 Å². The highest BCUT2D eigenvalue weighted by atomic mass is 16.2. The molecule has 0 unspecified atom stereocenters.